The molecule has 4 nitrogen and oxygen atoms in total. The molecule has 90 valence electrons. The lowest BCUT2D eigenvalue weighted by Gasteiger charge is -2.12. The van der Waals surface area contributed by atoms with Gasteiger partial charge in [0.15, 0.2) is 0 Å². The maximum Gasteiger partial charge on any atom is 0.307 e. The Balaban J connectivity index is 2.57. The highest BCUT2D eigenvalue weighted by Crippen LogP contribution is 2.58. The monoisotopic (exact) mass is 225 g/mol. The molecule has 0 aliphatic heterocycles. The van der Waals surface area contributed by atoms with Crippen LogP contribution in [0.2, 0.25) is 0 Å². The van der Waals surface area contributed by atoms with Gasteiger partial charge in [-0.2, -0.15) is 0 Å². The van der Waals surface area contributed by atoms with Gasteiger partial charge in [-0.15, -0.1) is 6.58 Å². The smallest absolute Gasteiger partial charge is 0.307 e. The molecule has 1 saturated carbocycles. The lowest BCUT2D eigenvalue weighted by Crippen LogP contribution is -2.34. The third-order valence-corrected chi connectivity index (χ3v) is 3.28. The van der Waals surface area contributed by atoms with Crippen molar-refractivity contribution in [1.82, 2.24) is 5.32 Å². The van der Waals surface area contributed by atoms with Crippen molar-refractivity contribution in [2.75, 3.05) is 0 Å². The molecule has 0 radical (unpaired) electrons. The molecule has 3 atom stereocenters. The molecule has 0 saturated heterocycles. The molecule has 0 bridgehead atoms. The number of amides is 1. The van der Waals surface area contributed by atoms with Crippen LogP contribution in [0.1, 0.15) is 27.2 Å². The number of carboxylic acids is 1. The Morgan fingerprint density at radius 1 is 1.50 bits per heavy atom. The Labute approximate surface area is 95.7 Å². The van der Waals surface area contributed by atoms with Crippen molar-refractivity contribution in [2.45, 2.75) is 33.2 Å². The molecule has 16 heavy (non-hydrogen) atoms. The minimum absolute atomic E-state index is 0.0100. The van der Waals surface area contributed by atoms with E-state index in [0.717, 1.165) is 0 Å². The Hall–Kier alpha value is -1.32. The minimum atomic E-state index is -0.887. The summed E-state index contributed by atoms with van der Waals surface area (Å²) in [7, 11) is 0. The fraction of sp³-hybridized carbons (Fsp3) is 0.667. The molecule has 1 rings (SSSR count). The van der Waals surface area contributed by atoms with Crippen molar-refractivity contribution >= 4 is 11.9 Å². The van der Waals surface area contributed by atoms with Crippen LogP contribution in [0, 0.1) is 17.3 Å². The van der Waals surface area contributed by atoms with Gasteiger partial charge in [0.1, 0.15) is 0 Å². The summed E-state index contributed by atoms with van der Waals surface area (Å²) in [5.41, 5.74) is -0.427. The fourth-order valence-electron chi connectivity index (χ4n) is 2.23. The molecule has 1 aliphatic carbocycles. The summed E-state index contributed by atoms with van der Waals surface area (Å²) in [6.45, 7) is 9.10. The van der Waals surface area contributed by atoms with Gasteiger partial charge in [-0.1, -0.05) is 19.9 Å². The third kappa shape index (κ3) is 2.26. The van der Waals surface area contributed by atoms with Gasteiger partial charge in [0.05, 0.1) is 11.8 Å². The number of hydrogen-bond donors (Lipinski definition) is 2. The van der Waals surface area contributed by atoms with Gasteiger partial charge < -0.3 is 10.4 Å². The van der Waals surface area contributed by atoms with Crippen LogP contribution >= 0.6 is 0 Å². The normalized spacial score (nSPS) is 27.9. The number of nitrogens with one attached hydrogen (secondary N) is 1. The average Bonchev–Trinajstić information content (AvgIpc) is 2.69. The lowest BCUT2D eigenvalue weighted by atomic mass is 10.1. The summed E-state index contributed by atoms with van der Waals surface area (Å²) in [6.07, 6.45) is 2.42. The molecule has 1 amide bonds. The molecule has 0 spiro atoms. The molecule has 0 aromatic carbocycles. The van der Waals surface area contributed by atoms with Gasteiger partial charge >= 0.3 is 5.97 Å². The maximum absolute atomic E-state index is 11.8. The lowest BCUT2D eigenvalue weighted by molar-refractivity contribution is -0.140. The van der Waals surface area contributed by atoms with Crippen LogP contribution in [0.3, 0.4) is 0 Å². The van der Waals surface area contributed by atoms with Crippen LogP contribution in [-0.4, -0.2) is 23.0 Å². The zero-order chi connectivity index (χ0) is 12.5. The second-order valence-electron chi connectivity index (χ2n) is 5.05. The van der Waals surface area contributed by atoms with E-state index in [0.29, 0.717) is 6.42 Å². The van der Waals surface area contributed by atoms with Crippen molar-refractivity contribution < 1.29 is 14.7 Å². The Kier molecular flexibility index (Phi) is 3.41. The molecule has 1 aliphatic rings. The van der Waals surface area contributed by atoms with Crippen LogP contribution in [0.4, 0.5) is 0 Å². The van der Waals surface area contributed by atoms with E-state index in [1.54, 1.807) is 6.08 Å². The standard InChI is InChI=1S/C12H19NO3/c1-5-6-7(2)13-10(14)8-9(11(15)16)12(8,3)4/h5,7-9H,1,6H2,2-4H3,(H,13,14)(H,15,16). The van der Waals surface area contributed by atoms with Crippen molar-refractivity contribution in [3.05, 3.63) is 12.7 Å². The molecule has 0 aromatic rings. The van der Waals surface area contributed by atoms with E-state index in [1.165, 1.54) is 0 Å². The van der Waals surface area contributed by atoms with E-state index in [2.05, 4.69) is 11.9 Å². The number of carbonyl (C=O) groups is 2. The van der Waals surface area contributed by atoms with E-state index in [4.69, 9.17) is 5.11 Å². The van der Waals surface area contributed by atoms with Crippen LogP contribution in [0.15, 0.2) is 12.7 Å². The average molecular weight is 225 g/mol. The van der Waals surface area contributed by atoms with Gasteiger partial charge in [0.2, 0.25) is 5.91 Å². The summed E-state index contributed by atoms with van der Waals surface area (Å²) < 4.78 is 0. The molecule has 1 fully saturated rings. The summed E-state index contributed by atoms with van der Waals surface area (Å²) >= 11 is 0. The van der Waals surface area contributed by atoms with Crippen LogP contribution in [-0.2, 0) is 9.59 Å². The maximum atomic E-state index is 11.8. The topological polar surface area (TPSA) is 66.4 Å². The first kappa shape index (κ1) is 12.7. The van der Waals surface area contributed by atoms with Gasteiger partial charge in [-0.25, -0.2) is 0 Å². The van der Waals surface area contributed by atoms with E-state index in [9.17, 15) is 9.59 Å². The summed E-state index contributed by atoms with van der Waals surface area (Å²) in [5.74, 6) is -2.01. The van der Waals surface area contributed by atoms with Gasteiger partial charge in [0, 0.05) is 6.04 Å². The number of hydrogen-bond acceptors (Lipinski definition) is 2. The van der Waals surface area contributed by atoms with Crippen LogP contribution < -0.4 is 5.32 Å². The summed E-state index contributed by atoms with van der Waals surface area (Å²) in [5, 5.41) is 11.8. The van der Waals surface area contributed by atoms with E-state index >= 15 is 0 Å². The number of carboxylic acid groups (broad SMARTS) is 1. The second-order valence-corrected chi connectivity index (χ2v) is 5.05. The molecule has 4 heteroatoms. The Bertz CT molecular complexity index is 322. The Morgan fingerprint density at radius 2 is 2.06 bits per heavy atom. The fourth-order valence-corrected chi connectivity index (χ4v) is 2.23. The largest absolute Gasteiger partial charge is 0.481 e. The number of aliphatic carboxylic acids is 1. The quantitative estimate of drug-likeness (QED) is 0.695. The van der Waals surface area contributed by atoms with E-state index in [1.807, 2.05) is 20.8 Å². The van der Waals surface area contributed by atoms with Crippen molar-refractivity contribution in [3.8, 4) is 0 Å². The molecule has 3 unspecified atom stereocenters. The molecule has 2 N–H and O–H groups in total. The van der Waals surface area contributed by atoms with E-state index < -0.39 is 23.2 Å². The first-order chi connectivity index (χ1) is 7.32. The second kappa shape index (κ2) is 4.28. The van der Waals surface area contributed by atoms with Crippen LogP contribution in [0.5, 0.6) is 0 Å². The van der Waals surface area contributed by atoms with E-state index in [-0.39, 0.29) is 11.9 Å². The predicted octanol–water partition coefficient (Wildman–Crippen LogP) is 1.42. The highest BCUT2D eigenvalue weighted by atomic mass is 16.4. The molecular formula is C12H19NO3. The van der Waals surface area contributed by atoms with Gasteiger partial charge in [-0.3, -0.25) is 9.59 Å². The Morgan fingerprint density at radius 3 is 2.44 bits per heavy atom. The predicted molar refractivity (Wildman–Crippen MR) is 60.8 cm³/mol. The summed E-state index contributed by atoms with van der Waals surface area (Å²) in [6, 6.07) is 0.0100. The first-order valence-electron chi connectivity index (χ1n) is 5.46. The number of rotatable bonds is 5. The number of carbonyl (C=O) groups excluding carboxylic acids is 1. The molecular weight excluding hydrogens is 206 g/mol. The van der Waals surface area contributed by atoms with Crippen molar-refractivity contribution in [3.63, 3.8) is 0 Å². The minimum Gasteiger partial charge on any atom is -0.481 e. The van der Waals surface area contributed by atoms with Gasteiger partial charge in [-0.05, 0) is 18.8 Å². The SMILES string of the molecule is C=CCC(C)NC(=O)C1C(C(=O)O)C1(C)C. The zero-order valence-electron chi connectivity index (χ0n) is 9.99. The third-order valence-electron chi connectivity index (χ3n) is 3.28. The summed E-state index contributed by atoms with van der Waals surface area (Å²) in [4.78, 5) is 22.7. The molecule has 0 aromatic heterocycles. The highest BCUT2D eigenvalue weighted by molar-refractivity contribution is 5.91. The van der Waals surface area contributed by atoms with Crippen molar-refractivity contribution in [2.24, 2.45) is 17.3 Å². The first-order valence-corrected chi connectivity index (χ1v) is 5.46. The van der Waals surface area contributed by atoms with Gasteiger partial charge in [0.25, 0.3) is 0 Å². The molecule has 0 heterocycles. The van der Waals surface area contributed by atoms with Crippen LogP contribution in [0.25, 0.3) is 0 Å². The zero-order valence-corrected chi connectivity index (χ0v) is 9.99. The highest BCUT2D eigenvalue weighted by Gasteiger charge is 2.65. The van der Waals surface area contributed by atoms with Crippen molar-refractivity contribution in [1.29, 1.82) is 0 Å².